The van der Waals surface area contributed by atoms with Crippen molar-refractivity contribution in [2.24, 2.45) is 0 Å². The number of pyridine rings is 1. The smallest absolute Gasteiger partial charge is 0.136 e. The van der Waals surface area contributed by atoms with Crippen LogP contribution in [-0.4, -0.2) is 46.3 Å². The maximum Gasteiger partial charge on any atom is 0.136 e. The monoisotopic (exact) mass is 401 g/mol. The molecule has 4 rings (SSSR count). The molecular weight excluding hydrogens is 377 g/mol. The minimum Gasteiger partial charge on any atom is -0.354 e. The normalized spacial score (nSPS) is 15.9. The third-order valence-corrected chi connectivity index (χ3v) is 5.43. The summed E-state index contributed by atoms with van der Waals surface area (Å²) in [5.41, 5.74) is 3.82. The van der Waals surface area contributed by atoms with Gasteiger partial charge in [-0.25, -0.2) is 9.37 Å². The molecule has 2 aromatic heterocycles. The zero-order valence-electron chi connectivity index (χ0n) is 16.1. The first kappa shape index (κ1) is 20.3. The number of aromatic amines is 1. The van der Waals surface area contributed by atoms with Gasteiger partial charge in [0, 0.05) is 60.8 Å². The van der Waals surface area contributed by atoms with Gasteiger partial charge in [-0.1, -0.05) is 18.2 Å². The van der Waals surface area contributed by atoms with E-state index in [1.165, 1.54) is 11.6 Å². The van der Waals surface area contributed by atoms with Gasteiger partial charge < -0.3 is 4.90 Å². The average Bonchev–Trinajstić information content (AvgIpc) is 3.14. The fraction of sp³-hybridized carbons (Fsp3) is 0.333. The van der Waals surface area contributed by atoms with Crippen LogP contribution in [0.1, 0.15) is 24.2 Å². The van der Waals surface area contributed by atoms with Crippen molar-refractivity contribution in [2.45, 2.75) is 19.9 Å². The Morgan fingerprint density at radius 2 is 1.75 bits per heavy atom. The molecule has 7 heteroatoms. The Bertz CT molecular complexity index is 920. The molecule has 1 unspecified atom stereocenters. The second-order valence-electron chi connectivity index (χ2n) is 7.00. The van der Waals surface area contributed by atoms with Crippen molar-refractivity contribution in [3.8, 4) is 11.1 Å². The second kappa shape index (κ2) is 8.71. The van der Waals surface area contributed by atoms with Crippen LogP contribution in [-0.2, 0) is 0 Å². The van der Waals surface area contributed by atoms with E-state index in [9.17, 15) is 4.39 Å². The lowest BCUT2D eigenvalue weighted by atomic mass is 10.0. The summed E-state index contributed by atoms with van der Waals surface area (Å²) in [6, 6.07) is 11.0. The molecule has 1 atom stereocenters. The molecule has 1 aliphatic heterocycles. The quantitative estimate of drug-likeness (QED) is 0.710. The van der Waals surface area contributed by atoms with Gasteiger partial charge >= 0.3 is 0 Å². The molecule has 0 amide bonds. The largest absolute Gasteiger partial charge is 0.354 e. The summed E-state index contributed by atoms with van der Waals surface area (Å²) in [7, 11) is 0. The molecule has 1 aliphatic rings. The molecule has 0 spiro atoms. The molecule has 1 N–H and O–H groups in total. The predicted molar refractivity (Wildman–Crippen MR) is 112 cm³/mol. The van der Waals surface area contributed by atoms with Gasteiger partial charge in [0.05, 0.1) is 6.20 Å². The maximum absolute atomic E-state index is 14.3. The van der Waals surface area contributed by atoms with Crippen molar-refractivity contribution in [3.63, 3.8) is 0 Å². The number of hydrogen-bond acceptors (Lipinski definition) is 4. The molecular formula is C21H25ClFN5. The highest BCUT2D eigenvalue weighted by Gasteiger charge is 2.25. The number of nitrogens with zero attached hydrogens (tertiary/aromatic N) is 4. The van der Waals surface area contributed by atoms with E-state index >= 15 is 0 Å². The van der Waals surface area contributed by atoms with E-state index in [-0.39, 0.29) is 18.2 Å². The molecule has 28 heavy (non-hydrogen) atoms. The lowest BCUT2D eigenvalue weighted by Gasteiger charge is -2.39. The summed E-state index contributed by atoms with van der Waals surface area (Å²) in [4.78, 5) is 9.30. The van der Waals surface area contributed by atoms with Gasteiger partial charge in [-0.2, -0.15) is 5.10 Å². The molecule has 1 aromatic carbocycles. The van der Waals surface area contributed by atoms with E-state index in [4.69, 9.17) is 0 Å². The van der Waals surface area contributed by atoms with Gasteiger partial charge in [0.25, 0.3) is 0 Å². The summed E-state index contributed by atoms with van der Waals surface area (Å²) in [5.74, 6) is 0.642. The van der Waals surface area contributed by atoms with E-state index in [2.05, 4.69) is 38.8 Å². The molecule has 5 nitrogen and oxygen atoms in total. The number of hydrogen-bond donors (Lipinski definition) is 1. The number of halogens is 2. The zero-order valence-corrected chi connectivity index (χ0v) is 16.9. The van der Waals surface area contributed by atoms with Gasteiger partial charge in [-0.05, 0) is 32.0 Å². The number of nitrogens with one attached hydrogen (secondary N) is 1. The highest BCUT2D eigenvalue weighted by molar-refractivity contribution is 5.85. The average molecular weight is 402 g/mol. The summed E-state index contributed by atoms with van der Waals surface area (Å²) in [5, 5.41) is 7.17. The number of aromatic nitrogens is 3. The van der Waals surface area contributed by atoms with E-state index in [1.807, 2.05) is 30.5 Å². The third-order valence-electron chi connectivity index (χ3n) is 5.43. The first-order valence-electron chi connectivity index (χ1n) is 9.34. The van der Waals surface area contributed by atoms with Crippen LogP contribution < -0.4 is 4.90 Å². The van der Waals surface area contributed by atoms with Crippen LogP contribution in [0.4, 0.5) is 10.2 Å². The fourth-order valence-electron chi connectivity index (χ4n) is 3.84. The number of benzene rings is 1. The molecule has 0 aliphatic carbocycles. The Kier molecular flexibility index (Phi) is 6.31. The molecule has 3 heterocycles. The number of aryl methyl sites for hydroxylation is 1. The molecule has 1 saturated heterocycles. The van der Waals surface area contributed by atoms with Crippen LogP contribution in [0.15, 0.2) is 48.8 Å². The minimum atomic E-state index is -0.213. The van der Waals surface area contributed by atoms with Gasteiger partial charge in [-0.15, -0.1) is 12.4 Å². The molecule has 0 radical (unpaired) electrons. The zero-order chi connectivity index (χ0) is 18.8. The topological polar surface area (TPSA) is 48.1 Å². The van der Waals surface area contributed by atoms with Crippen molar-refractivity contribution in [3.05, 3.63) is 65.9 Å². The molecule has 148 valence electrons. The summed E-state index contributed by atoms with van der Waals surface area (Å²) in [6.07, 6.45) is 3.70. The number of rotatable bonds is 4. The minimum absolute atomic E-state index is 0. The predicted octanol–water partition coefficient (Wildman–Crippen LogP) is 4.22. The first-order chi connectivity index (χ1) is 13.1. The lowest BCUT2D eigenvalue weighted by Crippen LogP contribution is -2.47. The Morgan fingerprint density at radius 1 is 1.04 bits per heavy atom. The number of H-pyrrole nitrogens is 1. The number of piperazine rings is 1. The molecule has 0 saturated carbocycles. The van der Waals surface area contributed by atoms with Gasteiger partial charge in [0.2, 0.25) is 0 Å². The van der Waals surface area contributed by atoms with Crippen molar-refractivity contribution in [1.82, 2.24) is 20.1 Å². The molecule has 1 fully saturated rings. The third kappa shape index (κ3) is 3.88. The van der Waals surface area contributed by atoms with E-state index in [0.29, 0.717) is 11.6 Å². The second-order valence-corrected chi connectivity index (χ2v) is 7.00. The van der Waals surface area contributed by atoms with Crippen LogP contribution in [0.5, 0.6) is 0 Å². The first-order valence-corrected chi connectivity index (χ1v) is 9.34. The van der Waals surface area contributed by atoms with Crippen LogP contribution in [0.25, 0.3) is 11.1 Å². The molecule has 3 aromatic rings. The highest BCUT2D eigenvalue weighted by Crippen LogP contribution is 2.32. The number of anilines is 1. The Morgan fingerprint density at radius 3 is 2.43 bits per heavy atom. The molecule has 0 bridgehead atoms. The summed E-state index contributed by atoms with van der Waals surface area (Å²) < 4.78 is 14.3. The van der Waals surface area contributed by atoms with Crippen LogP contribution in [0.3, 0.4) is 0 Å². The standard InChI is InChI=1S/C21H24FN5.ClH/c1-15-19(14-24-25-15)16(2)26-10-12-27(13-11-26)21-18(7-5-9-23-21)17-6-3-4-8-20(17)22;/h3-9,14,16H,10-13H2,1-2H3,(H,24,25);1H. The fourth-order valence-corrected chi connectivity index (χ4v) is 3.84. The summed E-state index contributed by atoms with van der Waals surface area (Å²) in [6.45, 7) is 7.86. The van der Waals surface area contributed by atoms with E-state index in [0.717, 1.165) is 43.3 Å². The van der Waals surface area contributed by atoms with Crippen LogP contribution >= 0.6 is 12.4 Å². The van der Waals surface area contributed by atoms with Crippen LogP contribution in [0.2, 0.25) is 0 Å². The maximum atomic E-state index is 14.3. The SMILES string of the molecule is Cc1[nH]ncc1C(C)N1CCN(c2ncccc2-c2ccccc2F)CC1.Cl. The van der Waals surface area contributed by atoms with Gasteiger partial charge in [0.1, 0.15) is 11.6 Å². The van der Waals surface area contributed by atoms with Crippen molar-refractivity contribution >= 4 is 18.2 Å². The Labute approximate surface area is 171 Å². The lowest BCUT2D eigenvalue weighted by molar-refractivity contribution is 0.198. The van der Waals surface area contributed by atoms with Crippen LogP contribution in [0, 0.1) is 12.7 Å². The van der Waals surface area contributed by atoms with Gasteiger partial charge in [0.15, 0.2) is 0 Å². The highest BCUT2D eigenvalue weighted by atomic mass is 35.5. The Hall–Kier alpha value is -2.44. The Balaban J connectivity index is 0.00000225. The summed E-state index contributed by atoms with van der Waals surface area (Å²) >= 11 is 0. The van der Waals surface area contributed by atoms with E-state index in [1.54, 1.807) is 12.3 Å². The van der Waals surface area contributed by atoms with Gasteiger partial charge in [-0.3, -0.25) is 10.00 Å². The van der Waals surface area contributed by atoms with E-state index < -0.39 is 0 Å². The van der Waals surface area contributed by atoms with Crippen molar-refractivity contribution < 1.29 is 4.39 Å². The van der Waals surface area contributed by atoms with Crippen molar-refractivity contribution in [1.29, 1.82) is 0 Å². The van der Waals surface area contributed by atoms with Crippen molar-refractivity contribution in [2.75, 3.05) is 31.1 Å².